The van der Waals surface area contributed by atoms with Gasteiger partial charge in [-0.3, -0.25) is 0 Å². The Bertz CT molecular complexity index is 442. The number of thiophene rings is 1. The van der Waals surface area contributed by atoms with Crippen LogP contribution in [0.1, 0.15) is 15.8 Å². The van der Waals surface area contributed by atoms with Gasteiger partial charge in [-0.2, -0.15) is 0 Å². The van der Waals surface area contributed by atoms with Crippen LogP contribution in [0.5, 0.6) is 0 Å². The quantitative estimate of drug-likeness (QED) is 0.670. The van der Waals surface area contributed by atoms with E-state index in [0.29, 0.717) is 6.54 Å². The Balaban J connectivity index is 2.13. The van der Waals surface area contributed by atoms with Gasteiger partial charge in [-0.15, -0.1) is 11.3 Å². The molecule has 2 rings (SSSR count). The number of nitrogens with two attached hydrogens (primary N) is 1. The standard InChI is InChI=1S/C11H13N3S2/c1-8-4-5-13-11(14-8)16-10(7-12)9-3-2-6-15-9/h2-6,10H,7,12H2,1H3. The van der Waals surface area contributed by atoms with Crippen molar-refractivity contribution in [1.82, 2.24) is 9.97 Å². The van der Waals surface area contributed by atoms with Crippen molar-refractivity contribution in [3.8, 4) is 0 Å². The zero-order valence-electron chi connectivity index (χ0n) is 8.96. The van der Waals surface area contributed by atoms with Crippen molar-refractivity contribution in [3.05, 3.63) is 40.3 Å². The Hall–Kier alpha value is -0.910. The van der Waals surface area contributed by atoms with Gasteiger partial charge in [0.05, 0.1) is 5.25 Å². The number of hydrogen-bond donors (Lipinski definition) is 1. The average molecular weight is 251 g/mol. The monoisotopic (exact) mass is 251 g/mol. The van der Waals surface area contributed by atoms with Crippen LogP contribution >= 0.6 is 23.1 Å². The minimum absolute atomic E-state index is 0.252. The van der Waals surface area contributed by atoms with Crippen molar-refractivity contribution < 1.29 is 0 Å². The van der Waals surface area contributed by atoms with E-state index in [-0.39, 0.29) is 5.25 Å². The van der Waals surface area contributed by atoms with Crippen molar-refractivity contribution in [2.24, 2.45) is 5.73 Å². The van der Waals surface area contributed by atoms with Gasteiger partial charge >= 0.3 is 0 Å². The molecule has 0 aliphatic heterocycles. The maximum Gasteiger partial charge on any atom is 0.188 e. The first-order chi connectivity index (χ1) is 7.79. The smallest absolute Gasteiger partial charge is 0.188 e. The first-order valence-electron chi connectivity index (χ1n) is 4.99. The molecule has 0 aliphatic carbocycles. The Morgan fingerprint density at radius 1 is 1.50 bits per heavy atom. The maximum absolute atomic E-state index is 5.78. The summed E-state index contributed by atoms with van der Waals surface area (Å²) in [6.07, 6.45) is 1.78. The van der Waals surface area contributed by atoms with Crippen LogP contribution in [0.2, 0.25) is 0 Å². The summed E-state index contributed by atoms with van der Waals surface area (Å²) in [5.41, 5.74) is 6.77. The SMILES string of the molecule is Cc1ccnc(SC(CN)c2cccs2)n1. The van der Waals surface area contributed by atoms with Gasteiger partial charge in [0.2, 0.25) is 0 Å². The minimum atomic E-state index is 0.252. The highest BCUT2D eigenvalue weighted by Gasteiger charge is 2.13. The molecule has 0 amide bonds. The lowest BCUT2D eigenvalue weighted by Gasteiger charge is -2.11. The molecule has 1 atom stereocenters. The van der Waals surface area contributed by atoms with Crippen molar-refractivity contribution in [2.45, 2.75) is 17.3 Å². The number of aromatic nitrogens is 2. The molecule has 84 valence electrons. The fourth-order valence-electron chi connectivity index (χ4n) is 1.31. The first-order valence-corrected chi connectivity index (χ1v) is 6.75. The Morgan fingerprint density at radius 3 is 3.00 bits per heavy atom. The number of thioether (sulfide) groups is 1. The molecule has 0 fully saturated rings. The zero-order valence-corrected chi connectivity index (χ0v) is 10.6. The lowest BCUT2D eigenvalue weighted by atomic mass is 10.3. The van der Waals surface area contributed by atoms with Crippen molar-refractivity contribution >= 4 is 23.1 Å². The van der Waals surface area contributed by atoms with E-state index in [1.165, 1.54) is 4.88 Å². The predicted molar refractivity (Wildman–Crippen MR) is 68.7 cm³/mol. The van der Waals surface area contributed by atoms with E-state index in [1.807, 2.05) is 19.1 Å². The summed E-state index contributed by atoms with van der Waals surface area (Å²) in [5, 5.41) is 3.11. The van der Waals surface area contributed by atoms with E-state index in [4.69, 9.17) is 5.73 Å². The average Bonchev–Trinajstić information content (AvgIpc) is 2.79. The molecule has 0 spiro atoms. The first kappa shape index (κ1) is 11.6. The summed E-state index contributed by atoms with van der Waals surface area (Å²) in [5.74, 6) is 0. The lowest BCUT2D eigenvalue weighted by Crippen LogP contribution is -2.08. The highest BCUT2D eigenvalue weighted by atomic mass is 32.2. The van der Waals surface area contributed by atoms with Crippen LogP contribution in [0, 0.1) is 6.92 Å². The van der Waals surface area contributed by atoms with Gasteiger partial charge in [0.1, 0.15) is 0 Å². The van der Waals surface area contributed by atoms with E-state index in [2.05, 4.69) is 21.4 Å². The van der Waals surface area contributed by atoms with Crippen LogP contribution in [0.25, 0.3) is 0 Å². The molecule has 16 heavy (non-hydrogen) atoms. The second-order valence-electron chi connectivity index (χ2n) is 3.34. The summed E-state index contributed by atoms with van der Waals surface area (Å²) in [7, 11) is 0. The molecule has 0 aromatic carbocycles. The van der Waals surface area contributed by atoms with Crippen LogP contribution in [-0.4, -0.2) is 16.5 Å². The molecular formula is C11H13N3S2. The highest BCUT2D eigenvalue weighted by molar-refractivity contribution is 7.99. The topological polar surface area (TPSA) is 51.8 Å². The molecule has 1 unspecified atom stereocenters. The predicted octanol–water partition coefficient (Wildman–Crippen LogP) is 2.64. The molecule has 3 nitrogen and oxygen atoms in total. The molecule has 0 saturated heterocycles. The van der Waals surface area contributed by atoms with Gasteiger partial charge in [0.25, 0.3) is 0 Å². The van der Waals surface area contributed by atoms with Gasteiger partial charge in [-0.25, -0.2) is 9.97 Å². The molecule has 0 saturated carbocycles. The molecule has 2 aromatic heterocycles. The van der Waals surface area contributed by atoms with Crippen LogP contribution in [0.4, 0.5) is 0 Å². The highest BCUT2D eigenvalue weighted by Crippen LogP contribution is 2.34. The molecule has 2 aromatic rings. The normalized spacial score (nSPS) is 12.6. The van der Waals surface area contributed by atoms with E-state index in [1.54, 1.807) is 29.3 Å². The zero-order chi connectivity index (χ0) is 11.4. The largest absolute Gasteiger partial charge is 0.329 e. The molecule has 0 bridgehead atoms. The van der Waals surface area contributed by atoms with Gasteiger partial charge < -0.3 is 5.73 Å². The number of rotatable bonds is 4. The number of aryl methyl sites for hydroxylation is 1. The Kier molecular flexibility index (Phi) is 3.93. The Labute approximate surface area is 103 Å². The van der Waals surface area contributed by atoms with Crippen molar-refractivity contribution in [1.29, 1.82) is 0 Å². The molecule has 2 heterocycles. The van der Waals surface area contributed by atoms with Crippen molar-refractivity contribution in [3.63, 3.8) is 0 Å². The summed E-state index contributed by atoms with van der Waals surface area (Å²) in [6.45, 7) is 2.57. The van der Waals surface area contributed by atoms with E-state index in [0.717, 1.165) is 10.9 Å². The van der Waals surface area contributed by atoms with Crippen LogP contribution in [0.15, 0.2) is 34.9 Å². The molecule has 0 radical (unpaired) electrons. The maximum atomic E-state index is 5.78. The lowest BCUT2D eigenvalue weighted by molar-refractivity contribution is 0.903. The van der Waals surface area contributed by atoms with Gasteiger partial charge in [-0.05, 0) is 24.4 Å². The van der Waals surface area contributed by atoms with Gasteiger partial charge in [0, 0.05) is 23.3 Å². The molecule has 5 heteroatoms. The van der Waals surface area contributed by atoms with Crippen LogP contribution in [0.3, 0.4) is 0 Å². The third kappa shape index (κ3) is 2.81. The van der Waals surface area contributed by atoms with Crippen LogP contribution in [-0.2, 0) is 0 Å². The van der Waals surface area contributed by atoms with Gasteiger partial charge in [-0.1, -0.05) is 17.8 Å². The third-order valence-electron chi connectivity index (χ3n) is 2.09. The fraction of sp³-hybridized carbons (Fsp3) is 0.273. The second-order valence-corrected chi connectivity index (χ2v) is 5.49. The third-order valence-corrected chi connectivity index (χ3v) is 4.37. The van der Waals surface area contributed by atoms with E-state index in [9.17, 15) is 0 Å². The number of hydrogen-bond acceptors (Lipinski definition) is 5. The molecule has 2 N–H and O–H groups in total. The summed E-state index contributed by atoms with van der Waals surface area (Å²) in [4.78, 5) is 9.89. The summed E-state index contributed by atoms with van der Waals surface area (Å²) in [6, 6.07) is 6.04. The summed E-state index contributed by atoms with van der Waals surface area (Å²) < 4.78 is 0. The Morgan fingerprint density at radius 2 is 2.38 bits per heavy atom. The van der Waals surface area contributed by atoms with Gasteiger partial charge in [0.15, 0.2) is 5.16 Å². The van der Waals surface area contributed by atoms with Crippen molar-refractivity contribution in [2.75, 3.05) is 6.54 Å². The molecule has 0 aliphatic rings. The second kappa shape index (κ2) is 5.43. The number of nitrogens with zero attached hydrogens (tertiary/aromatic N) is 2. The molecular weight excluding hydrogens is 238 g/mol. The minimum Gasteiger partial charge on any atom is -0.329 e. The van der Waals surface area contributed by atoms with Crippen LogP contribution < -0.4 is 5.73 Å². The summed E-state index contributed by atoms with van der Waals surface area (Å²) >= 11 is 3.35. The van der Waals surface area contributed by atoms with E-state index >= 15 is 0 Å². The fourth-order valence-corrected chi connectivity index (χ4v) is 3.20. The van der Waals surface area contributed by atoms with E-state index < -0.39 is 0 Å².